The third kappa shape index (κ3) is 7.22. The van der Waals surface area contributed by atoms with Gasteiger partial charge in [0.2, 0.25) is 16.0 Å². The average Bonchev–Trinajstić information content (AvgIpc) is 3.69. The molecule has 0 bridgehead atoms. The molecule has 6 rings (SSSR count). The van der Waals surface area contributed by atoms with E-state index >= 15 is 0 Å². The van der Waals surface area contributed by atoms with Gasteiger partial charge in [-0.1, -0.05) is 11.6 Å². The second-order valence-corrected chi connectivity index (χ2v) is 14.7. The van der Waals surface area contributed by atoms with Crippen molar-refractivity contribution in [1.82, 2.24) is 19.8 Å². The SMILES string of the molecule is COc1cc(N2CCC(N3CCC(N(C)C)C3)CC2)c(C)cc1Nc1ncc(Cl)c(Nc2cc3c(cc2NS(C)(=O)=O)CCO3)n1. The van der Waals surface area contributed by atoms with Crippen molar-refractivity contribution in [3.05, 3.63) is 46.6 Å². The van der Waals surface area contributed by atoms with Gasteiger partial charge in [-0.15, -0.1) is 0 Å². The Bertz CT molecular complexity index is 1700. The van der Waals surface area contributed by atoms with Crippen LogP contribution < -0.4 is 29.7 Å². The molecule has 0 spiro atoms. The molecule has 12 nitrogen and oxygen atoms in total. The summed E-state index contributed by atoms with van der Waals surface area (Å²) in [5.41, 5.74) is 4.78. The number of likely N-dealkylation sites (tertiary alicyclic amines) is 1. The van der Waals surface area contributed by atoms with E-state index in [4.69, 9.17) is 21.1 Å². The molecular formula is C32H43ClN8O4S. The molecular weight excluding hydrogens is 628 g/mol. The first kappa shape index (κ1) is 32.4. The molecule has 3 aliphatic heterocycles. The summed E-state index contributed by atoms with van der Waals surface area (Å²) in [7, 11) is 2.49. The lowest BCUT2D eigenvalue weighted by Gasteiger charge is -2.38. The minimum absolute atomic E-state index is 0.269. The van der Waals surface area contributed by atoms with Gasteiger partial charge in [0, 0.05) is 62.5 Å². The van der Waals surface area contributed by atoms with Crippen LogP contribution in [0, 0.1) is 6.92 Å². The van der Waals surface area contributed by atoms with Crippen LogP contribution in [0.5, 0.6) is 11.5 Å². The van der Waals surface area contributed by atoms with Crippen LogP contribution in [0.2, 0.25) is 5.02 Å². The summed E-state index contributed by atoms with van der Waals surface area (Å²) in [6.07, 6.45) is 6.84. The zero-order valence-corrected chi connectivity index (χ0v) is 28.6. The Morgan fingerprint density at radius 2 is 1.83 bits per heavy atom. The number of hydrogen-bond acceptors (Lipinski definition) is 11. The van der Waals surface area contributed by atoms with E-state index in [2.05, 4.69) is 73.2 Å². The number of sulfonamides is 1. The van der Waals surface area contributed by atoms with Crippen LogP contribution in [0.1, 0.15) is 30.4 Å². The van der Waals surface area contributed by atoms with E-state index in [9.17, 15) is 8.42 Å². The molecule has 3 aromatic rings. The van der Waals surface area contributed by atoms with E-state index < -0.39 is 10.0 Å². The quantitative estimate of drug-likeness (QED) is 0.274. The number of ether oxygens (including phenoxy) is 2. The zero-order chi connectivity index (χ0) is 32.6. The van der Waals surface area contributed by atoms with Crippen molar-refractivity contribution in [2.75, 3.05) is 80.5 Å². The van der Waals surface area contributed by atoms with Crippen LogP contribution in [0.15, 0.2) is 30.5 Å². The molecule has 2 saturated heterocycles. The molecule has 3 aliphatic rings. The number of benzene rings is 2. The molecule has 0 amide bonds. The van der Waals surface area contributed by atoms with E-state index in [0.29, 0.717) is 59.8 Å². The number of hydrogen-bond donors (Lipinski definition) is 3. The first-order valence-corrected chi connectivity index (χ1v) is 17.9. The Morgan fingerprint density at radius 3 is 2.52 bits per heavy atom. The maximum Gasteiger partial charge on any atom is 0.229 e. The van der Waals surface area contributed by atoms with Crippen LogP contribution in [0.25, 0.3) is 0 Å². The van der Waals surface area contributed by atoms with Gasteiger partial charge in [-0.2, -0.15) is 4.98 Å². The number of piperidine rings is 1. The fourth-order valence-corrected chi connectivity index (χ4v) is 7.36. The second kappa shape index (κ2) is 13.3. The van der Waals surface area contributed by atoms with Gasteiger partial charge in [0.1, 0.15) is 16.5 Å². The number of likely N-dealkylation sites (N-methyl/N-ethyl adjacent to an activating group) is 1. The highest BCUT2D eigenvalue weighted by atomic mass is 35.5. The lowest BCUT2D eigenvalue weighted by molar-refractivity contribution is 0.189. The number of rotatable bonds is 10. The Kier molecular flexibility index (Phi) is 9.38. The fraction of sp³-hybridized carbons (Fsp3) is 0.500. The highest BCUT2D eigenvalue weighted by Gasteiger charge is 2.32. The molecule has 0 aliphatic carbocycles. The van der Waals surface area contributed by atoms with Crippen molar-refractivity contribution in [2.45, 2.75) is 44.7 Å². The number of nitrogens with zero attached hydrogens (tertiary/aromatic N) is 5. The van der Waals surface area contributed by atoms with Crippen molar-refractivity contribution < 1.29 is 17.9 Å². The molecule has 2 fully saturated rings. The number of aromatic nitrogens is 2. The number of fused-ring (bicyclic) bond motifs is 1. The maximum atomic E-state index is 12.1. The molecule has 46 heavy (non-hydrogen) atoms. The highest BCUT2D eigenvalue weighted by molar-refractivity contribution is 7.92. The van der Waals surface area contributed by atoms with Crippen LogP contribution in [0.4, 0.5) is 34.5 Å². The molecule has 0 saturated carbocycles. The lowest BCUT2D eigenvalue weighted by atomic mass is 10.0. The zero-order valence-electron chi connectivity index (χ0n) is 27.1. The molecule has 4 heterocycles. The standard InChI is InChI=1S/C32H43ClN8O4S/c1-20-14-27(30(44-4)17-28(20)40-10-6-22(7-11-40)41-12-8-23(19-41)39(2)3)36-32-34-18-24(33)31(37-32)35-25-16-29-21(9-13-45-29)15-26(25)38-46(5,42)43/h14-18,22-23,38H,6-13,19H2,1-5H3,(H2,34,35,36,37). The van der Waals surface area contributed by atoms with Crippen LogP contribution >= 0.6 is 11.6 Å². The summed E-state index contributed by atoms with van der Waals surface area (Å²) in [5.74, 6) is 1.97. The van der Waals surface area contributed by atoms with E-state index in [1.54, 1.807) is 19.2 Å². The number of anilines is 6. The fourth-order valence-electron chi connectivity index (χ4n) is 6.65. The average molecular weight is 671 g/mol. The maximum absolute atomic E-state index is 12.1. The Labute approximate surface area is 276 Å². The largest absolute Gasteiger partial charge is 0.494 e. The predicted molar refractivity (Wildman–Crippen MR) is 184 cm³/mol. The van der Waals surface area contributed by atoms with Crippen LogP contribution in [-0.2, 0) is 16.4 Å². The summed E-state index contributed by atoms with van der Waals surface area (Å²) >= 11 is 6.49. The molecule has 2 aromatic carbocycles. The van der Waals surface area contributed by atoms with Crippen LogP contribution in [0.3, 0.4) is 0 Å². The predicted octanol–water partition coefficient (Wildman–Crippen LogP) is 4.85. The van der Waals surface area contributed by atoms with Gasteiger partial charge in [-0.25, -0.2) is 13.4 Å². The minimum Gasteiger partial charge on any atom is -0.494 e. The van der Waals surface area contributed by atoms with Crippen molar-refractivity contribution >= 4 is 56.1 Å². The van der Waals surface area contributed by atoms with E-state index in [0.717, 1.165) is 61.2 Å². The van der Waals surface area contributed by atoms with Crippen molar-refractivity contribution in [3.63, 3.8) is 0 Å². The van der Waals surface area contributed by atoms with E-state index in [-0.39, 0.29) is 5.02 Å². The van der Waals surface area contributed by atoms with Gasteiger partial charge in [0.25, 0.3) is 0 Å². The summed E-state index contributed by atoms with van der Waals surface area (Å²) in [5, 5.41) is 6.73. The number of halogens is 1. The van der Waals surface area contributed by atoms with E-state index in [1.165, 1.54) is 19.2 Å². The van der Waals surface area contributed by atoms with Crippen LogP contribution in [-0.4, -0.2) is 101 Å². The normalized spacial score (nSPS) is 18.8. The first-order chi connectivity index (χ1) is 22.0. The van der Waals surface area contributed by atoms with Crippen molar-refractivity contribution in [2.24, 2.45) is 0 Å². The third-order valence-corrected chi connectivity index (χ3v) is 10.0. The topological polar surface area (TPSA) is 124 Å². The molecule has 1 atom stereocenters. The Hall–Kier alpha value is -3.52. The second-order valence-electron chi connectivity index (χ2n) is 12.6. The summed E-state index contributed by atoms with van der Waals surface area (Å²) in [4.78, 5) is 16.5. The van der Waals surface area contributed by atoms with Gasteiger partial charge in [-0.3, -0.25) is 9.62 Å². The Morgan fingerprint density at radius 1 is 1.04 bits per heavy atom. The molecule has 1 unspecified atom stereocenters. The molecule has 1 aromatic heterocycles. The van der Waals surface area contributed by atoms with E-state index in [1.807, 2.05) is 0 Å². The van der Waals surface area contributed by atoms with Gasteiger partial charge >= 0.3 is 0 Å². The summed E-state index contributed by atoms with van der Waals surface area (Å²) in [6, 6.07) is 8.95. The Balaban J connectivity index is 1.17. The molecule has 248 valence electrons. The minimum atomic E-state index is -3.53. The molecule has 3 N–H and O–H groups in total. The van der Waals surface area contributed by atoms with Gasteiger partial charge < -0.3 is 29.9 Å². The molecule has 14 heteroatoms. The third-order valence-electron chi connectivity index (χ3n) is 9.13. The number of aryl methyl sites for hydroxylation is 1. The van der Waals surface area contributed by atoms with Gasteiger partial charge in [0.15, 0.2) is 5.82 Å². The smallest absolute Gasteiger partial charge is 0.229 e. The number of methoxy groups -OCH3 is 1. The lowest BCUT2D eigenvalue weighted by Crippen LogP contribution is -2.45. The van der Waals surface area contributed by atoms with Crippen molar-refractivity contribution in [1.29, 1.82) is 0 Å². The van der Waals surface area contributed by atoms with Gasteiger partial charge in [0.05, 0.1) is 43.2 Å². The summed E-state index contributed by atoms with van der Waals surface area (Å²) in [6.45, 7) is 7.00. The highest BCUT2D eigenvalue weighted by Crippen LogP contribution is 2.39. The summed E-state index contributed by atoms with van der Waals surface area (Å²) < 4.78 is 38.3. The number of nitrogens with one attached hydrogen (secondary N) is 3. The van der Waals surface area contributed by atoms with Crippen molar-refractivity contribution in [3.8, 4) is 11.5 Å². The van der Waals surface area contributed by atoms with Gasteiger partial charge in [-0.05, 0) is 63.5 Å². The first-order valence-electron chi connectivity index (χ1n) is 15.7. The molecule has 0 radical (unpaired) electrons. The monoisotopic (exact) mass is 670 g/mol.